The Labute approximate surface area is 129 Å². The van der Waals surface area contributed by atoms with Crippen molar-refractivity contribution in [2.45, 2.75) is 34.6 Å². The van der Waals surface area contributed by atoms with Crippen LogP contribution in [0, 0.1) is 27.7 Å². The van der Waals surface area contributed by atoms with Gasteiger partial charge in [-0.1, -0.05) is 17.7 Å². The minimum atomic E-state index is -0.364. The molecular weight excluding hydrogens is 284 g/mol. The van der Waals surface area contributed by atoms with Gasteiger partial charge in [-0.25, -0.2) is 9.78 Å². The van der Waals surface area contributed by atoms with Gasteiger partial charge in [0.15, 0.2) is 10.8 Å². The van der Waals surface area contributed by atoms with E-state index in [1.807, 2.05) is 6.92 Å². The van der Waals surface area contributed by atoms with E-state index >= 15 is 0 Å². The summed E-state index contributed by atoms with van der Waals surface area (Å²) in [6.07, 6.45) is 0. The van der Waals surface area contributed by atoms with Gasteiger partial charge >= 0.3 is 5.97 Å². The maximum atomic E-state index is 11.8. The summed E-state index contributed by atoms with van der Waals surface area (Å²) < 4.78 is 5.01. The van der Waals surface area contributed by atoms with Gasteiger partial charge in [0.2, 0.25) is 0 Å². The molecule has 0 spiro atoms. The van der Waals surface area contributed by atoms with Gasteiger partial charge in [0.25, 0.3) is 0 Å². The highest BCUT2D eigenvalue weighted by atomic mass is 32.1. The first kappa shape index (κ1) is 15.5. The summed E-state index contributed by atoms with van der Waals surface area (Å²) in [5, 5.41) is 4.04. The molecule has 1 heterocycles. The molecule has 0 bridgehead atoms. The molecule has 2 aromatic rings. The second-order valence-electron chi connectivity index (χ2n) is 5.04. The lowest BCUT2D eigenvalue weighted by atomic mass is 10.1. The van der Waals surface area contributed by atoms with Gasteiger partial charge in [0.05, 0.1) is 6.61 Å². The van der Waals surface area contributed by atoms with E-state index in [1.165, 1.54) is 16.9 Å². The number of aromatic nitrogens is 1. The topological polar surface area (TPSA) is 51.2 Å². The number of nitrogens with zero attached hydrogens (tertiary/aromatic N) is 1. The van der Waals surface area contributed by atoms with Gasteiger partial charge in [-0.15, -0.1) is 11.3 Å². The zero-order valence-electron chi connectivity index (χ0n) is 13.0. The predicted octanol–water partition coefficient (Wildman–Crippen LogP) is 4.30. The van der Waals surface area contributed by atoms with Gasteiger partial charge in [-0.2, -0.15) is 0 Å². The second-order valence-corrected chi connectivity index (χ2v) is 6.25. The van der Waals surface area contributed by atoms with Crippen LogP contribution in [0.5, 0.6) is 0 Å². The van der Waals surface area contributed by atoms with Gasteiger partial charge in [0.1, 0.15) is 0 Å². The van der Waals surface area contributed by atoms with Crippen LogP contribution in [0.3, 0.4) is 0 Å². The molecule has 5 heteroatoms. The highest BCUT2D eigenvalue weighted by Crippen LogP contribution is 2.30. The summed E-state index contributed by atoms with van der Waals surface area (Å²) in [5.41, 5.74) is 5.01. The Bertz CT molecular complexity index is 654. The molecule has 1 aromatic carbocycles. The monoisotopic (exact) mass is 304 g/mol. The van der Waals surface area contributed by atoms with E-state index in [1.54, 1.807) is 6.92 Å². The maximum absolute atomic E-state index is 11.8. The first-order chi connectivity index (χ1) is 9.92. The average Bonchev–Trinajstić information content (AvgIpc) is 2.75. The van der Waals surface area contributed by atoms with Crippen molar-refractivity contribution in [2.24, 2.45) is 0 Å². The number of nitrogens with one attached hydrogen (secondary N) is 1. The van der Waals surface area contributed by atoms with E-state index in [0.29, 0.717) is 17.4 Å². The number of hydrogen-bond donors (Lipinski definition) is 1. The Kier molecular flexibility index (Phi) is 4.63. The molecule has 1 aromatic heterocycles. The van der Waals surface area contributed by atoms with Crippen molar-refractivity contribution >= 4 is 28.1 Å². The number of benzene rings is 1. The smallest absolute Gasteiger partial charge is 0.358 e. The Morgan fingerprint density at radius 3 is 2.43 bits per heavy atom. The molecule has 0 radical (unpaired) electrons. The molecular formula is C16H20N2O2S. The molecule has 2 rings (SSSR count). The summed E-state index contributed by atoms with van der Waals surface area (Å²) in [7, 11) is 0. The quantitative estimate of drug-likeness (QED) is 0.856. The maximum Gasteiger partial charge on any atom is 0.358 e. The van der Waals surface area contributed by atoms with Crippen LogP contribution in [-0.2, 0) is 4.74 Å². The fourth-order valence-electron chi connectivity index (χ4n) is 2.32. The number of aryl methyl sites for hydroxylation is 4. The van der Waals surface area contributed by atoms with Crippen LogP contribution in [0.2, 0.25) is 0 Å². The number of carbonyl (C=O) groups is 1. The minimum Gasteiger partial charge on any atom is -0.461 e. The number of ether oxygens (including phenoxy) is 1. The molecule has 0 atom stereocenters. The Balaban J connectivity index is 2.29. The number of hydrogen-bond acceptors (Lipinski definition) is 5. The van der Waals surface area contributed by atoms with Crippen molar-refractivity contribution in [3.05, 3.63) is 39.4 Å². The fourth-order valence-corrected chi connectivity index (χ4v) is 3.13. The number of carbonyl (C=O) groups excluding carboxylic acids is 1. The molecule has 4 nitrogen and oxygen atoms in total. The molecule has 0 amide bonds. The number of anilines is 2. The number of esters is 1. The molecule has 0 saturated heterocycles. The van der Waals surface area contributed by atoms with Gasteiger partial charge in [-0.3, -0.25) is 0 Å². The third-order valence-electron chi connectivity index (χ3n) is 3.17. The molecule has 0 unspecified atom stereocenters. The van der Waals surface area contributed by atoms with Gasteiger partial charge in [-0.05, 0) is 45.7 Å². The number of rotatable bonds is 4. The third kappa shape index (κ3) is 3.42. The van der Waals surface area contributed by atoms with Gasteiger partial charge in [0, 0.05) is 10.6 Å². The van der Waals surface area contributed by atoms with E-state index in [4.69, 9.17) is 4.74 Å². The standard InChI is InChI=1S/C16H20N2O2S/c1-6-20-15(19)14-12(5)21-16(18-14)17-13-10(3)7-9(2)8-11(13)4/h7-8H,6H2,1-5H3,(H,17,18). The van der Waals surface area contributed by atoms with E-state index in [9.17, 15) is 4.79 Å². The van der Waals surface area contributed by atoms with Gasteiger partial charge < -0.3 is 10.1 Å². The van der Waals surface area contributed by atoms with E-state index < -0.39 is 0 Å². The summed E-state index contributed by atoms with van der Waals surface area (Å²) >= 11 is 1.46. The third-order valence-corrected chi connectivity index (χ3v) is 4.06. The molecule has 21 heavy (non-hydrogen) atoms. The van der Waals surface area contributed by atoms with Crippen LogP contribution in [0.15, 0.2) is 12.1 Å². The highest BCUT2D eigenvalue weighted by Gasteiger charge is 2.17. The molecule has 1 N–H and O–H groups in total. The van der Waals surface area contributed by atoms with Crippen LogP contribution in [0.4, 0.5) is 10.8 Å². The minimum absolute atomic E-state index is 0.356. The van der Waals surface area contributed by atoms with Crippen molar-refractivity contribution < 1.29 is 9.53 Å². The zero-order chi connectivity index (χ0) is 15.6. The van der Waals surface area contributed by atoms with E-state index in [2.05, 4.69) is 43.2 Å². The lowest BCUT2D eigenvalue weighted by molar-refractivity contribution is 0.0519. The first-order valence-electron chi connectivity index (χ1n) is 6.91. The normalized spacial score (nSPS) is 10.5. The largest absolute Gasteiger partial charge is 0.461 e. The van der Waals surface area contributed by atoms with Crippen LogP contribution >= 0.6 is 11.3 Å². The molecule has 0 fully saturated rings. The van der Waals surface area contributed by atoms with Crippen LogP contribution in [-0.4, -0.2) is 17.6 Å². The van der Waals surface area contributed by atoms with Crippen molar-refractivity contribution in [1.29, 1.82) is 0 Å². The molecule has 0 aliphatic carbocycles. The Morgan fingerprint density at radius 1 is 1.24 bits per heavy atom. The summed E-state index contributed by atoms with van der Waals surface area (Å²) in [5.74, 6) is -0.364. The lowest BCUT2D eigenvalue weighted by Crippen LogP contribution is -2.06. The molecule has 0 aliphatic rings. The predicted molar refractivity (Wildman–Crippen MR) is 86.7 cm³/mol. The average molecular weight is 304 g/mol. The van der Waals surface area contributed by atoms with Crippen LogP contribution < -0.4 is 5.32 Å². The van der Waals surface area contributed by atoms with Crippen molar-refractivity contribution in [2.75, 3.05) is 11.9 Å². The van der Waals surface area contributed by atoms with E-state index in [0.717, 1.165) is 21.7 Å². The van der Waals surface area contributed by atoms with Crippen LogP contribution in [0.1, 0.15) is 39.0 Å². The molecule has 0 aliphatic heterocycles. The molecule has 112 valence electrons. The van der Waals surface area contributed by atoms with E-state index in [-0.39, 0.29) is 5.97 Å². The Hall–Kier alpha value is -1.88. The zero-order valence-corrected chi connectivity index (χ0v) is 13.9. The van der Waals surface area contributed by atoms with Crippen molar-refractivity contribution in [3.8, 4) is 0 Å². The summed E-state index contributed by atoms with van der Waals surface area (Å²) in [6.45, 7) is 10.2. The fraction of sp³-hybridized carbons (Fsp3) is 0.375. The SMILES string of the molecule is CCOC(=O)c1nc(Nc2c(C)cc(C)cc2C)sc1C. The lowest BCUT2D eigenvalue weighted by Gasteiger charge is -2.11. The Morgan fingerprint density at radius 2 is 1.86 bits per heavy atom. The highest BCUT2D eigenvalue weighted by molar-refractivity contribution is 7.15. The number of thiazole rings is 1. The van der Waals surface area contributed by atoms with Crippen molar-refractivity contribution in [1.82, 2.24) is 4.98 Å². The second kappa shape index (κ2) is 6.26. The first-order valence-corrected chi connectivity index (χ1v) is 7.73. The summed E-state index contributed by atoms with van der Waals surface area (Å²) in [6, 6.07) is 4.25. The summed E-state index contributed by atoms with van der Waals surface area (Å²) in [4.78, 5) is 17.0. The van der Waals surface area contributed by atoms with Crippen molar-refractivity contribution in [3.63, 3.8) is 0 Å². The molecule has 0 saturated carbocycles. The van der Waals surface area contributed by atoms with Crippen LogP contribution in [0.25, 0.3) is 0 Å².